The molecule has 0 aliphatic heterocycles. The lowest BCUT2D eigenvalue weighted by molar-refractivity contribution is -0.131. The van der Waals surface area contributed by atoms with Gasteiger partial charge in [0, 0.05) is 25.7 Å². The molecule has 0 aliphatic carbocycles. The van der Waals surface area contributed by atoms with Crippen LogP contribution in [-0.4, -0.2) is 42.4 Å². The van der Waals surface area contributed by atoms with Crippen LogP contribution in [0, 0.1) is 13.8 Å². The highest BCUT2D eigenvalue weighted by Crippen LogP contribution is 2.30. The first-order chi connectivity index (χ1) is 14.3. The van der Waals surface area contributed by atoms with Crippen molar-refractivity contribution >= 4 is 32.9 Å². The van der Waals surface area contributed by atoms with Crippen molar-refractivity contribution in [2.24, 2.45) is 7.05 Å². The number of fused-ring (bicyclic) bond motifs is 1. The molecule has 0 aliphatic rings. The Kier molecular flexibility index (Phi) is 5.42. The molecule has 0 saturated heterocycles. The summed E-state index contributed by atoms with van der Waals surface area (Å²) in [5.74, 6) is -0.0461. The van der Waals surface area contributed by atoms with Crippen LogP contribution in [0.1, 0.15) is 17.0 Å². The molecule has 0 spiro atoms. The van der Waals surface area contributed by atoms with Gasteiger partial charge in [0.15, 0.2) is 5.65 Å². The molecule has 0 atom stereocenters. The Morgan fingerprint density at radius 3 is 2.73 bits per heavy atom. The quantitative estimate of drug-likeness (QED) is 0.447. The molecule has 154 valence electrons. The highest BCUT2D eigenvalue weighted by Gasteiger charge is 2.19. The minimum atomic E-state index is -0.0461. The molecule has 30 heavy (non-hydrogen) atoms. The molecule has 1 amide bonds. The zero-order valence-electron chi connectivity index (χ0n) is 17.4. The van der Waals surface area contributed by atoms with E-state index in [4.69, 9.17) is 0 Å². The van der Waals surface area contributed by atoms with E-state index in [9.17, 15) is 4.79 Å². The van der Waals surface area contributed by atoms with Gasteiger partial charge in [0.25, 0.3) is 0 Å². The second kappa shape index (κ2) is 8.02. The van der Waals surface area contributed by atoms with E-state index in [2.05, 4.69) is 56.2 Å². The lowest BCUT2D eigenvalue weighted by Crippen LogP contribution is -2.31. The third-order valence-corrected chi connectivity index (χ3v) is 5.91. The first-order valence-corrected chi connectivity index (χ1v) is 10.4. The first-order valence-electron chi connectivity index (χ1n) is 9.64. The molecule has 0 radical (unpaired) electrons. The van der Waals surface area contributed by atoms with Crippen LogP contribution in [0.2, 0.25) is 0 Å². The number of amides is 1. The van der Waals surface area contributed by atoms with Crippen LogP contribution in [0.25, 0.3) is 22.2 Å². The smallest absolute Gasteiger partial charge is 0.244 e. The average Bonchev–Trinajstić information content (AvgIpc) is 3.21. The second-order valence-electron chi connectivity index (χ2n) is 7.48. The minimum Gasteiger partial charge on any atom is -0.338 e. The normalized spacial score (nSPS) is 11.2. The molecule has 1 aromatic carbocycles. The molecule has 0 saturated carbocycles. The van der Waals surface area contributed by atoms with Crippen molar-refractivity contribution in [1.29, 1.82) is 0 Å². The number of likely N-dealkylation sites (N-methyl/N-ethyl adjacent to an activating group) is 1. The Morgan fingerprint density at radius 2 is 2.03 bits per heavy atom. The molecule has 3 aromatic heterocycles. The van der Waals surface area contributed by atoms with Gasteiger partial charge in [-0.25, -0.2) is 9.67 Å². The Hall–Kier alpha value is -3.00. The molecule has 0 N–H and O–H groups in total. The number of hydrogen-bond acceptors (Lipinski definition) is 4. The van der Waals surface area contributed by atoms with E-state index in [1.165, 1.54) is 5.56 Å². The van der Waals surface area contributed by atoms with Crippen LogP contribution < -0.4 is 0 Å². The van der Waals surface area contributed by atoms with Crippen molar-refractivity contribution < 1.29 is 4.79 Å². The number of halogens is 1. The number of aromatic nitrogens is 5. The monoisotopic (exact) mass is 466 g/mol. The number of carbonyl (C=O) groups is 1. The number of rotatable bonds is 5. The number of aryl methyl sites for hydroxylation is 3. The fraction of sp³-hybridized carbons (Fsp3) is 0.273. The molecule has 8 heteroatoms. The number of nitrogens with zero attached hydrogens (tertiary/aromatic N) is 6. The van der Waals surface area contributed by atoms with Gasteiger partial charge in [-0.15, -0.1) is 0 Å². The Labute approximate surface area is 183 Å². The summed E-state index contributed by atoms with van der Waals surface area (Å²) in [6.07, 6.45) is 3.51. The average molecular weight is 467 g/mol. The summed E-state index contributed by atoms with van der Waals surface area (Å²) in [4.78, 5) is 19.1. The maximum Gasteiger partial charge on any atom is 0.244 e. The van der Waals surface area contributed by atoms with E-state index < -0.39 is 0 Å². The second-order valence-corrected chi connectivity index (χ2v) is 8.34. The highest BCUT2D eigenvalue weighted by molar-refractivity contribution is 9.10. The fourth-order valence-corrected chi connectivity index (χ4v) is 4.09. The van der Waals surface area contributed by atoms with E-state index in [0.29, 0.717) is 6.54 Å². The lowest BCUT2D eigenvalue weighted by atomic mass is 10.0. The van der Waals surface area contributed by atoms with Crippen LogP contribution in [0.4, 0.5) is 0 Å². The summed E-state index contributed by atoms with van der Waals surface area (Å²) in [7, 11) is 3.64. The van der Waals surface area contributed by atoms with E-state index in [-0.39, 0.29) is 12.5 Å². The van der Waals surface area contributed by atoms with Gasteiger partial charge in [-0.1, -0.05) is 29.8 Å². The minimum absolute atomic E-state index is 0.0461. The molecule has 4 aromatic rings. The van der Waals surface area contributed by atoms with Crippen molar-refractivity contribution in [3.63, 3.8) is 0 Å². The van der Waals surface area contributed by atoms with E-state index in [0.717, 1.165) is 38.0 Å². The summed E-state index contributed by atoms with van der Waals surface area (Å²) >= 11 is 3.48. The van der Waals surface area contributed by atoms with Crippen molar-refractivity contribution in [2.45, 2.75) is 26.9 Å². The zero-order valence-corrected chi connectivity index (χ0v) is 19.0. The predicted octanol–water partition coefficient (Wildman–Crippen LogP) is 3.87. The van der Waals surface area contributed by atoms with Gasteiger partial charge < -0.3 is 4.90 Å². The van der Waals surface area contributed by atoms with Crippen LogP contribution >= 0.6 is 15.9 Å². The number of pyridine rings is 1. The number of benzene rings is 1. The fourth-order valence-electron chi connectivity index (χ4n) is 3.62. The number of hydrogen-bond donors (Lipinski definition) is 0. The SMILES string of the molecule is Cc1cccc(-c2ccnc3c2c(C)nn3CC(=O)N(C)Cc2c(Br)cnn2C)c1. The predicted molar refractivity (Wildman–Crippen MR) is 120 cm³/mol. The summed E-state index contributed by atoms with van der Waals surface area (Å²) in [5.41, 5.74) is 5.91. The highest BCUT2D eigenvalue weighted by atomic mass is 79.9. The summed E-state index contributed by atoms with van der Waals surface area (Å²) in [6.45, 7) is 4.62. The number of carbonyl (C=O) groups excluding carboxylic acids is 1. The van der Waals surface area contributed by atoms with Gasteiger partial charge in [0.1, 0.15) is 6.54 Å². The maximum absolute atomic E-state index is 12.9. The molecule has 4 rings (SSSR count). The van der Waals surface area contributed by atoms with Gasteiger partial charge in [0.05, 0.1) is 28.6 Å². The Morgan fingerprint density at radius 1 is 1.23 bits per heavy atom. The molecule has 3 heterocycles. The third-order valence-electron chi connectivity index (χ3n) is 5.25. The van der Waals surface area contributed by atoms with Crippen LogP contribution in [0.5, 0.6) is 0 Å². The van der Waals surface area contributed by atoms with Crippen LogP contribution in [0.15, 0.2) is 47.2 Å². The third kappa shape index (κ3) is 3.75. The Bertz CT molecular complexity index is 1220. The molecule has 0 unspecified atom stereocenters. The van der Waals surface area contributed by atoms with Crippen molar-refractivity contribution in [2.75, 3.05) is 7.05 Å². The molecular weight excluding hydrogens is 444 g/mol. The zero-order chi connectivity index (χ0) is 21.4. The van der Waals surface area contributed by atoms with E-state index in [1.54, 1.807) is 33.7 Å². The largest absolute Gasteiger partial charge is 0.338 e. The van der Waals surface area contributed by atoms with Crippen molar-refractivity contribution in [1.82, 2.24) is 29.4 Å². The Balaban J connectivity index is 1.64. The molecular formula is C22H23BrN6O. The van der Waals surface area contributed by atoms with Crippen molar-refractivity contribution in [3.8, 4) is 11.1 Å². The maximum atomic E-state index is 12.9. The first kappa shape index (κ1) is 20.3. The summed E-state index contributed by atoms with van der Waals surface area (Å²) < 4.78 is 4.34. The lowest BCUT2D eigenvalue weighted by Gasteiger charge is -2.17. The summed E-state index contributed by atoms with van der Waals surface area (Å²) in [5, 5.41) is 9.82. The molecule has 7 nitrogen and oxygen atoms in total. The van der Waals surface area contributed by atoms with E-state index in [1.807, 2.05) is 26.1 Å². The van der Waals surface area contributed by atoms with E-state index >= 15 is 0 Å². The van der Waals surface area contributed by atoms with Crippen LogP contribution in [-0.2, 0) is 24.9 Å². The molecule has 0 fully saturated rings. The summed E-state index contributed by atoms with van der Waals surface area (Å²) in [6, 6.07) is 10.4. The van der Waals surface area contributed by atoms with Gasteiger partial charge in [-0.3, -0.25) is 9.48 Å². The van der Waals surface area contributed by atoms with Gasteiger partial charge >= 0.3 is 0 Å². The van der Waals surface area contributed by atoms with Crippen molar-refractivity contribution in [3.05, 3.63) is 64.1 Å². The van der Waals surface area contributed by atoms with Crippen LogP contribution in [0.3, 0.4) is 0 Å². The standard InChI is InChI=1S/C22H23BrN6O/c1-14-6-5-7-16(10-14)17-8-9-24-22-21(17)15(2)26-29(22)13-20(30)27(3)12-19-18(23)11-25-28(19)4/h5-11H,12-13H2,1-4H3. The van der Waals surface area contributed by atoms with Gasteiger partial charge in [-0.2, -0.15) is 10.2 Å². The van der Waals surface area contributed by atoms with Gasteiger partial charge in [-0.05, 0) is 47.0 Å². The topological polar surface area (TPSA) is 68.8 Å². The van der Waals surface area contributed by atoms with Gasteiger partial charge in [0.2, 0.25) is 5.91 Å². The molecule has 0 bridgehead atoms.